The molecule has 0 fully saturated rings. The lowest BCUT2D eigenvalue weighted by atomic mass is 10.1. The number of hydrogen-bond donors (Lipinski definition) is 1. The molecule has 1 unspecified atom stereocenters. The standard InChI is InChI=1S/C19H19FN2O2/c1-12(13-7-4-5-10-18(13)24-3)22(2)19(23)17-11-14-15(20)8-6-9-16(14)21-17/h4-12,21H,1-3H3. The van der Waals surface area contributed by atoms with E-state index in [1.54, 1.807) is 37.3 Å². The molecule has 0 aliphatic carbocycles. The van der Waals surface area contributed by atoms with Crippen LogP contribution in [0.2, 0.25) is 0 Å². The molecular formula is C19H19FN2O2. The molecular weight excluding hydrogens is 307 g/mol. The molecule has 0 radical (unpaired) electrons. The van der Waals surface area contributed by atoms with Gasteiger partial charge in [0.25, 0.3) is 5.91 Å². The van der Waals surface area contributed by atoms with Crippen molar-refractivity contribution in [2.24, 2.45) is 0 Å². The van der Waals surface area contributed by atoms with E-state index in [1.807, 2.05) is 31.2 Å². The Morgan fingerprint density at radius 3 is 2.67 bits per heavy atom. The molecule has 0 bridgehead atoms. The molecule has 0 saturated heterocycles. The quantitative estimate of drug-likeness (QED) is 0.783. The van der Waals surface area contributed by atoms with Gasteiger partial charge in [-0.3, -0.25) is 4.79 Å². The molecule has 0 aliphatic heterocycles. The lowest BCUT2D eigenvalue weighted by molar-refractivity contribution is 0.0736. The van der Waals surface area contributed by atoms with E-state index in [1.165, 1.54) is 6.07 Å². The van der Waals surface area contributed by atoms with Crippen LogP contribution in [0.1, 0.15) is 29.0 Å². The van der Waals surface area contributed by atoms with Crippen LogP contribution in [0.15, 0.2) is 48.5 Å². The first-order valence-electron chi connectivity index (χ1n) is 7.70. The number of nitrogens with one attached hydrogen (secondary N) is 1. The van der Waals surface area contributed by atoms with Gasteiger partial charge < -0.3 is 14.6 Å². The summed E-state index contributed by atoms with van der Waals surface area (Å²) in [6.45, 7) is 1.93. The third-order valence-corrected chi connectivity index (χ3v) is 4.33. The Morgan fingerprint density at radius 1 is 1.21 bits per heavy atom. The predicted octanol–water partition coefficient (Wildman–Crippen LogP) is 4.15. The molecule has 124 valence electrons. The minimum atomic E-state index is -0.344. The van der Waals surface area contributed by atoms with E-state index in [9.17, 15) is 9.18 Å². The van der Waals surface area contributed by atoms with Gasteiger partial charge in [-0.25, -0.2) is 4.39 Å². The molecule has 1 amide bonds. The van der Waals surface area contributed by atoms with Crippen LogP contribution in [0.4, 0.5) is 4.39 Å². The Bertz CT molecular complexity index is 888. The van der Waals surface area contributed by atoms with Crippen molar-refractivity contribution in [3.05, 3.63) is 65.6 Å². The number of hydrogen-bond acceptors (Lipinski definition) is 2. The molecule has 0 aliphatic rings. The molecule has 0 spiro atoms. The van der Waals surface area contributed by atoms with Crippen molar-refractivity contribution >= 4 is 16.8 Å². The van der Waals surface area contributed by atoms with Gasteiger partial charge in [-0.2, -0.15) is 0 Å². The predicted molar refractivity (Wildman–Crippen MR) is 91.8 cm³/mol. The highest BCUT2D eigenvalue weighted by Gasteiger charge is 2.23. The fourth-order valence-electron chi connectivity index (χ4n) is 2.82. The van der Waals surface area contributed by atoms with Crippen LogP contribution in [0.5, 0.6) is 5.75 Å². The second-order valence-electron chi connectivity index (χ2n) is 5.72. The number of amides is 1. The first kappa shape index (κ1) is 16.1. The third kappa shape index (κ3) is 2.73. The Kier molecular flexibility index (Phi) is 4.25. The van der Waals surface area contributed by atoms with Gasteiger partial charge in [0.05, 0.1) is 13.2 Å². The van der Waals surface area contributed by atoms with Crippen LogP contribution < -0.4 is 4.74 Å². The molecule has 0 saturated carbocycles. The zero-order valence-electron chi connectivity index (χ0n) is 13.8. The minimum absolute atomic E-state index is 0.190. The minimum Gasteiger partial charge on any atom is -0.496 e. The lowest BCUT2D eigenvalue weighted by Crippen LogP contribution is -2.30. The third-order valence-electron chi connectivity index (χ3n) is 4.33. The molecule has 1 atom stereocenters. The Morgan fingerprint density at radius 2 is 1.96 bits per heavy atom. The van der Waals surface area contributed by atoms with E-state index >= 15 is 0 Å². The van der Waals surface area contributed by atoms with Crippen LogP contribution in [0.3, 0.4) is 0 Å². The van der Waals surface area contributed by atoms with E-state index in [2.05, 4.69) is 4.98 Å². The zero-order chi connectivity index (χ0) is 17.3. The average molecular weight is 326 g/mol. The second kappa shape index (κ2) is 6.35. The number of rotatable bonds is 4. The summed E-state index contributed by atoms with van der Waals surface area (Å²) in [4.78, 5) is 17.4. The van der Waals surface area contributed by atoms with Gasteiger partial charge in [0.2, 0.25) is 0 Å². The van der Waals surface area contributed by atoms with Crippen molar-refractivity contribution in [3.63, 3.8) is 0 Å². The van der Waals surface area contributed by atoms with Crippen LogP contribution in [-0.4, -0.2) is 29.9 Å². The average Bonchev–Trinajstić information content (AvgIpc) is 3.05. The van der Waals surface area contributed by atoms with Crippen molar-refractivity contribution in [3.8, 4) is 5.75 Å². The van der Waals surface area contributed by atoms with Gasteiger partial charge in [0.1, 0.15) is 17.3 Å². The van der Waals surface area contributed by atoms with Crippen LogP contribution >= 0.6 is 0 Å². The zero-order valence-corrected chi connectivity index (χ0v) is 13.8. The number of aromatic amines is 1. The number of H-pyrrole nitrogens is 1. The molecule has 24 heavy (non-hydrogen) atoms. The number of methoxy groups -OCH3 is 1. The normalized spacial score (nSPS) is 12.2. The van der Waals surface area contributed by atoms with Gasteiger partial charge in [-0.15, -0.1) is 0 Å². The van der Waals surface area contributed by atoms with Crippen molar-refractivity contribution in [1.29, 1.82) is 0 Å². The molecule has 1 heterocycles. The number of nitrogens with zero attached hydrogens (tertiary/aromatic N) is 1. The summed E-state index contributed by atoms with van der Waals surface area (Å²) in [5.74, 6) is 0.180. The maximum atomic E-state index is 13.8. The number of para-hydroxylation sites is 1. The van der Waals surface area contributed by atoms with Crippen LogP contribution in [0.25, 0.3) is 10.9 Å². The van der Waals surface area contributed by atoms with Crippen molar-refractivity contribution in [2.75, 3.05) is 14.2 Å². The van der Waals surface area contributed by atoms with Crippen LogP contribution in [-0.2, 0) is 0 Å². The Balaban J connectivity index is 1.91. The SMILES string of the molecule is COc1ccccc1C(C)N(C)C(=O)c1cc2c(F)cccc2[nH]1. The smallest absolute Gasteiger partial charge is 0.270 e. The number of carbonyl (C=O) groups is 1. The number of halogens is 1. The maximum Gasteiger partial charge on any atom is 0.270 e. The fraction of sp³-hybridized carbons (Fsp3) is 0.211. The highest BCUT2D eigenvalue weighted by molar-refractivity contribution is 5.98. The molecule has 1 N–H and O–H groups in total. The Hall–Kier alpha value is -2.82. The maximum absolute atomic E-state index is 13.8. The summed E-state index contributed by atoms with van der Waals surface area (Å²) in [6, 6.07) is 13.7. The van der Waals surface area contributed by atoms with Crippen molar-refractivity contribution < 1.29 is 13.9 Å². The first-order chi connectivity index (χ1) is 11.5. The monoisotopic (exact) mass is 326 g/mol. The van der Waals surface area contributed by atoms with Gasteiger partial charge in [0.15, 0.2) is 0 Å². The van der Waals surface area contributed by atoms with Gasteiger partial charge >= 0.3 is 0 Å². The van der Waals surface area contributed by atoms with Gasteiger partial charge in [-0.1, -0.05) is 24.3 Å². The van der Waals surface area contributed by atoms with E-state index in [4.69, 9.17) is 4.74 Å². The highest BCUT2D eigenvalue weighted by Crippen LogP contribution is 2.29. The van der Waals surface area contributed by atoms with Crippen molar-refractivity contribution in [2.45, 2.75) is 13.0 Å². The Labute approximate surface area is 139 Å². The number of carbonyl (C=O) groups excluding carboxylic acids is 1. The molecule has 3 aromatic rings. The number of benzene rings is 2. The summed E-state index contributed by atoms with van der Waals surface area (Å²) in [5.41, 5.74) is 1.88. The number of ether oxygens (including phenoxy) is 1. The molecule has 5 heteroatoms. The molecule has 4 nitrogen and oxygen atoms in total. The summed E-state index contributed by atoms with van der Waals surface area (Å²) in [5, 5.41) is 0.416. The molecule has 3 rings (SSSR count). The summed E-state index contributed by atoms with van der Waals surface area (Å²) in [7, 11) is 3.33. The highest BCUT2D eigenvalue weighted by atomic mass is 19.1. The van der Waals surface area contributed by atoms with E-state index in [0.717, 1.165) is 11.3 Å². The lowest BCUT2D eigenvalue weighted by Gasteiger charge is -2.26. The second-order valence-corrected chi connectivity index (χ2v) is 5.72. The summed E-state index contributed by atoms with van der Waals surface area (Å²) >= 11 is 0. The molecule has 2 aromatic carbocycles. The van der Waals surface area contributed by atoms with E-state index in [0.29, 0.717) is 16.6 Å². The van der Waals surface area contributed by atoms with Crippen molar-refractivity contribution in [1.82, 2.24) is 9.88 Å². The van der Waals surface area contributed by atoms with Gasteiger partial charge in [-0.05, 0) is 31.2 Å². The summed E-state index contributed by atoms with van der Waals surface area (Å²) in [6.07, 6.45) is 0. The van der Waals surface area contributed by atoms with E-state index < -0.39 is 0 Å². The topological polar surface area (TPSA) is 45.3 Å². The molecule has 1 aromatic heterocycles. The largest absolute Gasteiger partial charge is 0.496 e. The van der Waals surface area contributed by atoms with E-state index in [-0.39, 0.29) is 17.8 Å². The fourth-order valence-corrected chi connectivity index (χ4v) is 2.82. The summed E-state index contributed by atoms with van der Waals surface area (Å²) < 4.78 is 19.2. The first-order valence-corrected chi connectivity index (χ1v) is 7.70. The van der Waals surface area contributed by atoms with Crippen LogP contribution in [0, 0.1) is 5.82 Å². The van der Waals surface area contributed by atoms with Gasteiger partial charge in [0, 0.05) is 23.5 Å². The number of fused-ring (bicyclic) bond motifs is 1. The number of aromatic nitrogens is 1.